The molecule has 1 fully saturated rings. The van der Waals surface area contributed by atoms with Gasteiger partial charge in [-0.15, -0.1) is 0 Å². The van der Waals surface area contributed by atoms with Crippen LogP contribution >= 0.6 is 0 Å². The SMILES string of the molecule is CCNC(C)c1ccc(NC(=O)C2(CC)CCCC2)cc1. The topological polar surface area (TPSA) is 41.1 Å². The van der Waals surface area contributed by atoms with Crippen molar-refractivity contribution >= 4 is 11.6 Å². The molecule has 1 atom stereocenters. The summed E-state index contributed by atoms with van der Waals surface area (Å²) >= 11 is 0. The van der Waals surface area contributed by atoms with E-state index in [0.29, 0.717) is 6.04 Å². The van der Waals surface area contributed by atoms with E-state index in [0.717, 1.165) is 31.5 Å². The maximum Gasteiger partial charge on any atom is 0.230 e. The van der Waals surface area contributed by atoms with Crippen molar-refractivity contribution < 1.29 is 4.79 Å². The van der Waals surface area contributed by atoms with Crippen LogP contribution in [0.4, 0.5) is 5.69 Å². The van der Waals surface area contributed by atoms with Gasteiger partial charge in [0.05, 0.1) is 0 Å². The highest BCUT2D eigenvalue weighted by molar-refractivity contribution is 5.95. The van der Waals surface area contributed by atoms with Crippen molar-refractivity contribution in [2.75, 3.05) is 11.9 Å². The second-order valence-electron chi connectivity index (χ2n) is 6.20. The van der Waals surface area contributed by atoms with E-state index >= 15 is 0 Å². The average Bonchev–Trinajstić information content (AvgIpc) is 2.98. The van der Waals surface area contributed by atoms with Gasteiger partial charge in [-0.3, -0.25) is 4.79 Å². The lowest BCUT2D eigenvalue weighted by Crippen LogP contribution is -2.33. The number of amides is 1. The minimum absolute atomic E-state index is 0.129. The molecule has 0 radical (unpaired) electrons. The molecule has 116 valence electrons. The van der Waals surface area contributed by atoms with Crippen LogP contribution in [0.15, 0.2) is 24.3 Å². The molecule has 1 amide bonds. The Hall–Kier alpha value is -1.35. The van der Waals surface area contributed by atoms with E-state index in [-0.39, 0.29) is 11.3 Å². The Balaban J connectivity index is 2.01. The van der Waals surface area contributed by atoms with Crippen molar-refractivity contribution in [2.24, 2.45) is 5.41 Å². The summed E-state index contributed by atoms with van der Waals surface area (Å²) in [7, 11) is 0. The molecule has 0 aromatic heterocycles. The van der Waals surface area contributed by atoms with E-state index < -0.39 is 0 Å². The Morgan fingerprint density at radius 3 is 2.33 bits per heavy atom. The Kier molecular flexibility index (Phi) is 5.40. The van der Waals surface area contributed by atoms with Crippen LogP contribution in [0, 0.1) is 5.41 Å². The predicted octanol–water partition coefficient (Wildman–Crippen LogP) is 4.27. The third-order valence-corrected chi connectivity index (χ3v) is 4.90. The summed E-state index contributed by atoms with van der Waals surface area (Å²) in [4.78, 5) is 12.6. The predicted molar refractivity (Wildman–Crippen MR) is 88.4 cm³/mol. The fraction of sp³-hybridized carbons (Fsp3) is 0.611. The summed E-state index contributed by atoms with van der Waals surface area (Å²) in [6.07, 6.45) is 5.37. The van der Waals surface area contributed by atoms with Crippen molar-refractivity contribution in [3.8, 4) is 0 Å². The van der Waals surface area contributed by atoms with Crippen LogP contribution < -0.4 is 10.6 Å². The van der Waals surface area contributed by atoms with E-state index in [1.165, 1.54) is 18.4 Å². The Bertz CT molecular complexity index is 461. The standard InChI is InChI=1S/C18H28N2O/c1-4-18(12-6-7-13-18)17(21)20-16-10-8-15(9-11-16)14(3)19-5-2/h8-11,14,19H,4-7,12-13H2,1-3H3,(H,20,21). The van der Waals surface area contributed by atoms with Gasteiger partial charge in [0.25, 0.3) is 0 Å². The Morgan fingerprint density at radius 2 is 1.81 bits per heavy atom. The molecule has 1 aromatic rings. The third-order valence-electron chi connectivity index (χ3n) is 4.90. The molecule has 1 saturated carbocycles. The van der Waals surface area contributed by atoms with Crippen molar-refractivity contribution in [1.82, 2.24) is 5.32 Å². The lowest BCUT2D eigenvalue weighted by molar-refractivity contribution is -0.125. The second-order valence-corrected chi connectivity index (χ2v) is 6.20. The van der Waals surface area contributed by atoms with Crippen molar-refractivity contribution in [3.63, 3.8) is 0 Å². The van der Waals surface area contributed by atoms with Crippen LogP contribution in [0.5, 0.6) is 0 Å². The molecule has 2 rings (SSSR count). The first-order valence-corrected chi connectivity index (χ1v) is 8.26. The smallest absolute Gasteiger partial charge is 0.230 e. The first kappa shape index (κ1) is 16.0. The summed E-state index contributed by atoms with van der Waals surface area (Å²) < 4.78 is 0. The minimum atomic E-state index is -0.129. The van der Waals surface area contributed by atoms with Crippen LogP contribution in [0.3, 0.4) is 0 Å². The first-order valence-electron chi connectivity index (χ1n) is 8.26. The second kappa shape index (κ2) is 7.08. The molecule has 1 unspecified atom stereocenters. The van der Waals surface area contributed by atoms with Crippen molar-refractivity contribution in [1.29, 1.82) is 0 Å². The molecule has 0 saturated heterocycles. The lowest BCUT2D eigenvalue weighted by atomic mass is 9.82. The highest BCUT2D eigenvalue weighted by Gasteiger charge is 2.39. The van der Waals surface area contributed by atoms with E-state index in [1.807, 2.05) is 12.1 Å². The third kappa shape index (κ3) is 3.65. The normalized spacial score (nSPS) is 18.4. The molecule has 0 heterocycles. The molecule has 0 bridgehead atoms. The van der Waals surface area contributed by atoms with E-state index in [9.17, 15) is 4.79 Å². The number of anilines is 1. The highest BCUT2D eigenvalue weighted by atomic mass is 16.2. The van der Waals surface area contributed by atoms with Gasteiger partial charge in [0.1, 0.15) is 0 Å². The molecule has 2 N–H and O–H groups in total. The number of carbonyl (C=O) groups is 1. The summed E-state index contributed by atoms with van der Waals surface area (Å²) in [5.41, 5.74) is 2.03. The van der Waals surface area contributed by atoms with Gasteiger partial charge in [-0.2, -0.15) is 0 Å². The van der Waals surface area contributed by atoms with Crippen LogP contribution in [-0.4, -0.2) is 12.5 Å². The van der Waals surface area contributed by atoms with Gasteiger partial charge in [0.15, 0.2) is 0 Å². The average molecular weight is 288 g/mol. The van der Waals surface area contributed by atoms with Gasteiger partial charge in [0, 0.05) is 17.1 Å². The molecule has 3 nitrogen and oxygen atoms in total. The van der Waals surface area contributed by atoms with Gasteiger partial charge in [-0.1, -0.05) is 38.8 Å². The maximum atomic E-state index is 12.6. The first-order chi connectivity index (χ1) is 10.1. The fourth-order valence-electron chi connectivity index (χ4n) is 3.34. The molecular formula is C18H28N2O. The summed E-state index contributed by atoms with van der Waals surface area (Å²) in [6, 6.07) is 8.56. The van der Waals surface area contributed by atoms with Crippen LogP contribution in [-0.2, 0) is 4.79 Å². The summed E-state index contributed by atoms with van der Waals surface area (Å²) in [5.74, 6) is 0.204. The van der Waals surface area contributed by atoms with Crippen LogP contribution in [0.25, 0.3) is 0 Å². The fourth-order valence-corrected chi connectivity index (χ4v) is 3.34. The van der Waals surface area contributed by atoms with Gasteiger partial charge < -0.3 is 10.6 Å². The number of hydrogen-bond acceptors (Lipinski definition) is 2. The van der Waals surface area contributed by atoms with Crippen LogP contribution in [0.1, 0.15) is 64.5 Å². The summed E-state index contributed by atoms with van der Waals surface area (Å²) in [5, 5.41) is 6.51. The molecule has 0 spiro atoms. The van der Waals surface area contributed by atoms with Gasteiger partial charge in [0.2, 0.25) is 5.91 Å². The number of nitrogens with one attached hydrogen (secondary N) is 2. The monoisotopic (exact) mass is 288 g/mol. The number of benzene rings is 1. The largest absolute Gasteiger partial charge is 0.326 e. The zero-order chi connectivity index (χ0) is 15.3. The number of carbonyl (C=O) groups excluding carboxylic acids is 1. The Labute approximate surface area is 128 Å². The molecule has 1 aromatic carbocycles. The maximum absolute atomic E-state index is 12.6. The van der Waals surface area contributed by atoms with E-state index in [4.69, 9.17) is 0 Å². The lowest BCUT2D eigenvalue weighted by Gasteiger charge is -2.26. The number of hydrogen-bond donors (Lipinski definition) is 2. The molecular weight excluding hydrogens is 260 g/mol. The number of rotatable bonds is 6. The zero-order valence-corrected chi connectivity index (χ0v) is 13.5. The van der Waals surface area contributed by atoms with Gasteiger partial charge in [-0.05, 0) is 50.4 Å². The Morgan fingerprint density at radius 1 is 1.19 bits per heavy atom. The van der Waals surface area contributed by atoms with Crippen molar-refractivity contribution in [2.45, 2.75) is 58.9 Å². The molecule has 1 aliphatic rings. The molecule has 3 heteroatoms. The minimum Gasteiger partial charge on any atom is -0.326 e. The van der Waals surface area contributed by atoms with Gasteiger partial charge >= 0.3 is 0 Å². The zero-order valence-electron chi connectivity index (χ0n) is 13.5. The molecule has 1 aliphatic carbocycles. The molecule has 0 aliphatic heterocycles. The highest BCUT2D eigenvalue weighted by Crippen LogP contribution is 2.41. The van der Waals surface area contributed by atoms with Gasteiger partial charge in [-0.25, -0.2) is 0 Å². The van der Waals surface area contributed by atoms with Crippen LogP contribution in [0.2, 0.25) is 0 Å². The summed E-state index contributed by atoms with van der Waals surface area (Å²) in [6.45, 7) is 7.35. The van der Waals surface area contributed by atoms with E-state index in [2.05, 4.69) is 43.5 Å². The van der Waals surface area contributed by atoms with Crippen molar-refractivity contribution in [3.05, 3.63) is 29.8 Å². The quantitative estimate of drug-likeness (QED) is 0.821. The molecule has 21 heavy (non-hydrogen) atoms. The van der Waals surface area contributed by atoms with E-state index in [1.54, 1.807) is 0 Å².